The van der Waals surface area contributed by atoms with E-state index in [0.29, 0.717) is 4.75 Å². The van der Waals surface area contributed by atoms with Gasteiger partial charge in [0.25, 0.3) is 0 Å². The van der Waals surface area contributed by atoms with Gasteiger partial charge in [-0.15, -0.1) is 0 Å². The normalized spacial score (nSPS) is 18.6. The van der Waals surface area contributed by atoms with E-state index >= 15 is 0 Å². The van der Waals surface area contributed by atoms with E-state index < -0.39 is 0 Å². The van der Waals surface area contributed by atoms with Gasteiger partial charge in [0.2, 0.25) is 0 Å². The van der Waals surface area contributed by atoms with Crippen molar-refractivity contribution in [2.75, 3.05) is 31.9 Å². The van der Waals surface area contributed by atoms with Crippen molar-refractivity contribution in [3.05, 3.63) is 30.1 Å². The van der Waals surface area contributed by atoms with E-state index in [-0.39, 0.29) is 0 Å². The van der Waals surface area contributed by atoms with Crippen molar-refractivity contribution < 1.29 is 0 Å². The first kappa shape index (κ1) is 16.1. The first-order valence-corrected chi connectivity index (χ1v) is 8.66. The van der Waals surface area contributed by atoms with Gasteiger partial charge in [0, 0.05) is 55.0 Å². The summed E-state index contributed by atoms with van der Waals surface area (Å²) in [6, 6.07) is 6.04. The van der Waals surface area contributed by atoms with E-state index in [1.54, 1.807) is 0 Å². The lowest BCUT2D eigenvalue weighted by molar-refractivity contribution is 0.376. The molecule has 0 bridgehead atoms. The summed E-state index contributed by atoms with van der Waals surface area (Å²) in [5.74, 6) is 2.21. The molecule has 0 amide bonds. The molecule has 1 aliphatic heterocycles. The van der Waals surface area contributed by atoms with Gasteiger partial charge < -0.3 is 10.2 Å². The van der Waals surface area contributed by atoms with Crippen LogP contribution < -0.4 is 5.32 Å². The lowest BCUT2D eigenvalue weighted by Gasteiger charge is -2.39. The lowest BCUT2D eigenvalue weighted by atomic mass is 10.2. The van der Waals surface area contributed by atoms with Crippen molar-refractivity contribution in [1.82, 2.24) is 15.2 Å². The number of pyridine rings is 1. The minimum Gasteiger partial charge on any atom is -0.357 e. The maximum Gasteiger partial charge on any atom is 0.193 e. The summed E-state index contributed by atoms with van der Waals surface area (Å²) < 4.78 is 0.301. The molecule has 0 atom stereocenters. The number of aromatic nitrogens is 1. The molecule has 0 saturated carbocycles. The van der Waals surface area contributed by atoms with Gasteiger partial charge >= 0.3 is 0 Å². The lowest BCUT2D eigenvalue weighted by Crippen LogP contribution is -2.51. The zero-order chi connectivity index (χ0) is 15.1. The third-order valence-corrected chi connectivity index (χ3v) is 4.71. The van der Waals surface area contributed by atoms with Crippen LogP contribution in [0.4, 0.5) is 0 Å². The van der Waals surface area contributed by atoms with Gasteiger partial charge in [0.1, 0.15) is 0 Å². The van der Waals surface area contributed by atoms with Gasteiger partial charge in [-0.2, -0.15) is 11.8 Å². The monoisotopic (exact) mass is 306 g/mol. The summed E-state index contributed by atoms with van der Waals surface area (Å²) in [6.07, 6.45) is 2.73. The van der Waals surface area contributed by atoms with E-state index in [2.05, 4.69) is 42.0 Å². The first-order chi connectivity index (χ1) is 10.1. The number of rotatable bonds is 4. The topological polar surface area (TPSA) is 40.5 Å². The summed E-state index contributed by atoms with van der Waals surface area (Å²) in [5.41, 5.74) is 1.10. The Bertz CT molecular complexity index is 459. The standard InChI is InChI=1S/C16H26N4S/c1-4-17-15(20-11-12-21-16(2,3)13-20)19-10-8-14-7-5-6-9-18-14/h5-7,9H,4,8,10-13H2,1-3H3,(H,17,19). The smallest absolute Gasteiger partial charge is 0.193 e. The molecule has 1 fully saturated rings. The molecule has 2 rings (SSSR count). The molecular formula is C16H26N4S. The minimum absolute atomic E-state index is 0.301. The first-order valence-electron chi connectivity index (χ1n) is 7.68. The molecule has 4 nitrogen and oxygen atoms in total. The predicted octanol–water partition coefficient (Wildman–Crippen LogP) is 2.42. The van der Waals surface area contributed by atoms with Crippen LogP contribution in [0.3, 0.4) is 0 Å². The van der Waals surface area contributed by atoms with Crippen LogP contribution in [0.5, 0.6) is 0 Å². The Balaban J connectivity index is 1.95. The van der Waals surface area contributed by atoms with Crippen molar-refractivity contribution in [1.29, 1.82) is 0 Å². The predicted molar refractivity (Wildman–Crippen MR) is 92.0 cm³/mol. The molecule has 2 heterocycles. The number of hydrogen-bond acceptors (Lipinski definition) is 3. The largest absolute Gasteiger partial charge is 0.357 e. The van der Waals surface area contributed by atoms with E-state index in [9.17, 15) is 0 Å². The van der Waals surface area contributed by atoms with E-state index in [1.165, 1.54) is 0 Å². The summed E-state index contributed by atoms with van der Waals surface area (Å²) in [7, 11) is 0. The van der Waals surface area contributed by atoms with Gasteiger partial charge in [-0.25, -0.2) is 0 Å². The van der Waals surface area contributed by atoms with Gasteiger partial charge in [0.05, 0.1) is 0 Å². The fourth-order valence-corrected chi connectivity index (χ4v) is 3.56. The fourth-order valence-electron chi connectivity index (χ4n) is 2.45. The highest BCUT2D eigenvalue weighted by atomic mass is 32.2. The van der Waals surface area contributed by atoms with E-state index in [1.807, 2.05) is 30.1 Å². The van der Waals surface area contributed by atoms with Crippen molar-refractivity contribution in [2.45, 2.75) is 31.9 Å². The Labute approximate surface area is 132 Å². The number of hydrogen-bond donors (Lipinski definition) is 1. The second-order valence-corrected chi connectivity index (χ2v) is 7.64. The van der Waals surface area contributed by atoms with Crippen LogP contribution >= 0.6 is 11.8 Å². The van der Waals surface area contributed by atoms with Gasteiger partial charge in [0.15, 0.2) is 5.96 Å². The average molecular weight is 306 g/mol. The molecule has 0 unspecified atom stereocenters. The molecule has 116 valence electrons. The summed E-state index contributed by atoms with van der Waals surface area (Å²) in [4.78, 5) is 11.5. The molecule has 0 radical (unpaired) electrons. The molecule has 0 aliphatic carbocycles. The number of guanidine groups is 1. The van der Waals surface area contributed by atoms with Crippen molar-refractivity contribution in [2.24, 2.45) is 4.99 Å². The van der Waals surface area contributed by atoms with Crippen LogP contribution in [0, 0.1) is 0 Å². The highest BCUT2D eigenvalue weighted by molar-refractivity contribution is 8.00. The van der Waals surface area contributed by atoms with Crippen LogP contribution in [0.2, 0.25) is 0 Å². The third-order valence-electron chi connectivity index (χ3n) is 3.42. The number of nitrogens with zero attached hydrogens (tertiary/aromatic N) is 3. The molecular weight excluding hydrogens is 280 g/mol. The zero-order valence-corrected chi connectivity index (χ0v) is 14.1. The van der Waals surface area contributed by atoms with Crippen LogP contribution in [0.15, 0.2) is 29.4 Å². The molecule has 21 heavy (non-hydrogen) atoms. The molecule has 1 N–H and O–H groups in total. The zero-order valence-electron chi connectivity index (χ0n) is 13.3. The van der Waals surface area contributed by atoms with Crippen LogP contribution in [-0.2, 0) is 6.42 Å². The molecule has 0 spiro atoms. The Morgan fingerprint density at radius 1 is 1.48 bits per heavy atom. The molecule has 1 aromatic heterocycles. The number of nitrogens with one attached hydrogen (secondary N) is 1. The fraction of sp³-hybridized carbons (Fsp3) is 0.625. The second-order valence-electron chi connectivity index (χ2n) is 5.84. The van der Waals surface area contributed by atoms with Crippen molar-refractivity contribution in [3.63, 3.8) is 0 Å². The molecule has 5 heteroatoms. The summed E-state index contributed by atoms with van der Waals surface area (Å²) in [5, 5.41) is 3.42. The Hall–Kier alpha value is -1.23. The summed E-state index contributed by atoms with van der Waals surface area (Å²) in [6.45, 7) is 10.5. The Kier molecular flexibility index (Phi) is 5.91. The molecule has 1 aliphatic rings. The van der Waals surface area contributed by atoms with Crippen molar-refractivity contribution >= 4 is 17.7 Å². The highest BCUT2D eigenvalue weighted by Crippen LogP contribution is 2.29. The number of thioether (sulfide) groups is 1. The van der Waals surface area contributed by atoms with Crippen LogP contribution in [-0.4, -0.2) is 52.5 Å². The SMILES string of the molecule is CCNC(=NCCc1ccccn1)N1CCSC(C)(C)C1. The molecule has 1 aromatic rings. The van der Waals surface area contributed by atoms with Crippen LogP contribution in [0.1, 0.15) is 26.5 Å². The Morgan fingerprint density at radius 3 is 3.00 bits per heavy atom. The highest BCUT2D eigenvalue weighted by Gasteiger charge is 2.28. The molecule has 0 aromatic carbocycles. The van der Waals surface area contributed by atoms with Crippen molar-refractivity contribution in [3.8, 4) is 0 Å². The Morgan fingerprint density at radius 2 is 2.33 bits per heavy atom. The minimum atomic E-state index is 0.301. The van der Waals surface area contributed by atoms with Gasteiger partial charge in [-0.05, 0) is 32.9 Å². The third kappa shape index (κ3) is 5.23. The van der Waals surface area contributed by atoms with Crippen LogP contribution in [0.25, 0.3) is 0 Å². The maximum atomic E-state index is 4.78. The maximum absolute atomic E-state index is 4.78. The van der Waals surface area contributed by atoms with Gasteiger partial charge in [-0.1, -0.05) is 6.07 Å². The molecule has 1 saturated heterocycles. The average Bonchev–Trinajstić information content (AvgIpc) is 2.46. The quantitative estimate of drug-likeness (QED) is 0.685. The number of aliphatic imine (C=N–C) groups is 1. The second kappa shape index (κ2) is 7.69. The summed E-state index contributed by atoms with van der Waals surface area (Å²) >= 11 is 2.05. The van der Waals surface area contributed by atoms with Gasteiger partial charge in [-0.3, -0.25) is 9.98 Å². The van der Waals surface area contributed by atoms with E-state index in [4.69, 9.17) is 4.99 Å². The van der Waals surface area contributed by atoms with E-state index in [0.717, 1.165) is 50.0 Å².